The summed E-state index contributed by atoms with van der Waals surface area (Å²) >= 11 is 1.99. The van der Waals surface area contributed by atoms with Crippen LogP contribution < -0.4 is 11.1 Å². The van der Waals surface area contributed by atoms with Crippen LogP contribution in [-0.2, 0) is 4.79 Å². The van der Waals surface area contributed by atoms with Gasteiger partial charge in [-0.15, -0.1) is 0 Å². The van der Waals surface area contributed by atoms with Crippen LogP contribution in [0.1, 0.15) is 26.3 Å². The predicted molar refractivity (Wildman–Crippen MR) is 91.8 cm³/mol. The molecular formula is C16H25N3OS. The van der Waals surface area contributed by atoms with Gasteiger partial charge in [-0.3, -0.25) is 9.69 Å². The molecule has 0 radical (unpaired) electrons. The minimum Gasteiger partial charge on any atom is -0.399 e. The van der Waals surface area contributed by atoms with Crippen molar-refractivity contribution in [1.29, 1.82) is 0 Å². The van der Waals surface area contributed by atoms with Gasteiger partial charge in [0.25, 0.3) is 0 Å². The van der Waals surface area contributed by atoms with E-state index in [-0.39, 0.29) is 11.9 Å². The number of anilines is 2. The van der Waals surface area contributed by atoms with Crippen LogP contribution in [0, 0.1) is 6.92 Å². The van der Waals surface area contributed by atoms with E-state index in [1.54, 1.807) is 0 Å². The number of rotatable bonds is 3. The van der Waals surface area contributed by atoms with Crippen LogP contribution in [0.5, 0.6) is 0 Å². The van der Waals surface area contributed by atoms with E-state index in [9.17, 15) is 4.79 Å². The fraction of sp³-hybridized carbons (Fsp3) is 0.562. The van der Waals surface area contributed by atoms with E-state index < -0.39 is 0 Å². The lowest BCUT2D eigenvalue weighted by atomic mass is 10.1. The number of nitrogen functional groups attached to an aromatic ring is 1. The van der Waals surface area contributed by atoms with Gasteiger partial charge in [0.2, 0.25) is 5.91 Å². The number of nitrogens with zero attached hydrogens (tertiary/aromatic N) is 1. The number of amides is 1. The normalized spacial score (nSPS) is 24.6. The Bertz CT molecular complexity index is 510. The molecule has 1 aliphatic rings. The molecule has 2 rings (SSSR count). The molecule has 1 aliphatic heterocycles. The van der Waals surface area contributed by atoms with Crippen molar-refractivity contribution in [3.05, 3.63) is 23.8 Å². The maximum Gasteiger partial charge on any atom is 0.241 e. The maximum absolute atomic E-state index is 12.5. The van der Waals surface area contributed by atoms with Gasteiger partial charge < -0.3 is 11.1 Å². The molecule has 3 N–H and O–H groups in total. The van der Waals surface area contributed by atoms with Crippen molar-refractivity contribution >= 4 is 29.0 Å². The minimum atomic E-state index is -0.128. The summed E-state index contributed by atoms with van der Waals surface area (Å²) < 4.78 is 0. The maximum atomic E-state index is 12.5. The largest absolute Gasteiger partial charge is 0.399 e. The van der Waals surface area contributed by atoms with Gasteiger partial charge in [-0.2, -0.15) is 11.8 Å². The molecule has 0 aromatic heterocycles. The Morgan fingerprint density at radius 3 is 2.62 bits per heavy atom. The highest BCUT2D eigenvalue weighted by Gasteiger charge is 2.29. The molecule has 1 saturated heterocycles. The van der Waals surface area contributed by atoms with Gasteiger partial charge in [0, 0.05) is 35.0 Å². The standard InChI is InChI=1S/C16H25N3OS/c1-10-5-6-14(17)7-15(10)18-16(20)13(4)19-8-11(2)21-12(3)9-19/h5-7,11-13H,8-9,17H2,1-4H3,(H,18,20). The Hall–Kier alpha value is -1.20. The van der Waals surface area contributed by atoms with Gasteiger partial charge in [-0.25, -0.2) is 0 Å². The molecule has 0 bridgehead atoms. The Balaban J connectivity index is 2.04. The second-order valence-corrected chi connectivity index (χ2v) is 7.83. The lowest BCUT2D eigenvalue weighted by Crippen LogP contribution is -2.49. The third-order valence-corrected chi connectivity index (χ3v) is 5.12. The van der Waals surface area contributed by atoms with Crippen LogP contribution in [0.4, 0.5) is 11.4 Å². The van der Waals surface area contributed by atoms with E-state index in [1.165, 1.54) is 0 Å². The zero-order valence-corrected chi connectivity index (χ0v) is 14.0. The fourth-order valence-electron chi connectivity index (χ4n) is 2.71. The molecule has 21 heavy (non-hydrogen) atoms. The topological polar surface area (TPSA) is 58.4 Å². The third-order valence-electron chi connectivity index (χ3n) is 3.89. The molecule has 116 valence electrons. The molecular weight excluding hydrogens is 282 g/mol. The van der Waals surface area contributed by atoms with Crippen molar-refractivity contribution in [2.24, 2.45) is 0 Å². The summed E-state index contributed by atoms with van der Waals surface area (Å²) in [5.74, 6) is 0.0370. The molecule has 1 heterocycles. The monoisotopic (exact) mass is 307 g/mol. The van der Waals surface area contributed by atoms with E-state index >= 15 is 0 Å². The van der Waals surface area contributed by atoms with Crippen LogP contribution in [0.15, 0.2) is 18.2 Å². The number of nitrogens with two attached hydrogens (primary N) is 1. The lowest BCUT2D eigenvalue weighted by molar-refractivity contribution is -0.120. The van der Waals surface area contributed by atoms with Crippen LogP contribution in [0.2, 0.25) is 0 Å². The zero-order chi connectivity index (χ0) is 15.6. The SMILES string of the molecule is Cc1ccc(N)cc1NC(=O)C(C)N1CC(C)SC(C)C1. The highest BCUT2D eigenvalue weighted by atomic mass is 32.2. The molecule has 1 fully saturated rings. The average molecular weight is 307 g/mol. The summed E-state index contributed by atoms with van der Waals surface area (Å²) in [5, 5.41) is 4.15. The van der Waals surface area contributed by atoms with Crippen molar-refractivity contribution in [3.63, 3.8) is 0 Å². The van der Waals surface area contributed by atoms with E-state index in [4.69, 9.17) is 5.73 Å². The molecule has 5 heteroatoms. The van der Waals surface area contributed by atoms with Crippen molar-refractivity contribution in [2.45, 2.75) is 44.2 Å². The highest BCUT2D eigenvalue weighted by Crippen LogP contribution is 2.26. The second kappa shape index (κ2) is 6.71. The first-order chi connectivity index (χ1) is 9.86. The zero-order valence-electron chi connectivity index (χ0n) is 13.2. The summed E-state index contributed by atoms with van der Waals surface area (Å²) in [4.78, 5) is 14.8. The molecule has 1 aromatic carbocycles. The quantitative estimate of drug-likeness (QED) is 0.843. The Morgan fingerprint density at radius 2 is 2.00 bits per heavy atom. The first-order valence-corrected chi connectivity index (χ1v) is 8.37. The first kappa shape index (κ1) is 16.2. The number of hydrogen-bond donors (Lipinski definition) is 2. The van der Waals surface area contributed by atoms with Crippen LogP contribution in [0.3, 0.4) is 0 Å². The predicted octanol–water partition coefficient (Wildman–Crippen LogP) is 2.73. The summed E-state index contributed by atoms with van der Waals surface area (Å²) in [7, 11) is 0. The summed E-state index contributed by atoms with van der Waals surface area (Å²) in [6.45, 7) is 10.3. The second-order valence-electron chi connectivity index (χ2n) is 5.95. The Labute approximate surface area is 131 Å². The third kappa shape index (κ3) is 4.14. The number of thioether (sulfide) groups is 1. The highest BCUT2D eigenvalue weighted by molar-refractivity contribution is 8.00. The molecule has 1 amide bonds. The van der Waals surface area contributed by atoms with Gasteiger partial charge in [0.05, 0.1) is 6.04 Å². The minimum absolute atomic E-state index is 0.0370. The Kier molecular flexibility index (Phi) is 5.17. The number of hydrogen-bond acceptors (Lipinski definition) is 4. The van der Waals surface area contributed by atoms with E-state index in [2.05, 4.69) is 24.1 Å². The van der Waals surface area contributed by atoms with Gasteiger partial charge in [0.1, 0.15) is 0 Å². The number of carbonyl (C=O) groups excluding carboxylic acids is 1. The average Bonchev–Trinajstić information content (AvgIpc) is 2.41. The molecule has 0 saturated carbocycles. The molecule has 1 aromatic rings. The van der Waals surface area contributed by atoms with Crippen molar-refractivity contribution < 1.29 is 4.79 Å². The van der Waals surface area contributed by atoms with Crippen molar-refractivity contribution in [2.75, 3.05) is 24.1 Å². The van der Waals surface area contributed by atoms with Crippen LogP contribution >= 0.6 is 11.8 Å². The van der Waals surface area contributed by atoms with E-state index in [1.807, 2.05) is 43.8 Å². The van der Waals surface area contributed by atoms with E-state index in [0.717, 1.165) is 24.3 Å². The van der Waals surface area contributed by atoms with E-state index in [0.29, 0.717) is 16.2 Å². The molecule has 3 unspecified atom stereocenters. The Morgan fingerprint density at radius 1 is 1.38 bits per heavy atom. The summed E-state index contributed by atoms with van der Waals surface area (Å²) in [5.41, 5.74) is 8.29. The number of aryl methyl sites for hydroxylation is 1. The fourth-order valence-corrected chi connectivity index (χ4v) is 4.06. The van der Waals surface area contributed by atoms with Gasteiger partial charge in [-0.1, -0.05) is 19.9 Å². The number of carbonyl (C=O) groups is 1. The van der Waals surface area contributed by atoms with Gasteiger partial charge in [0.15, 0.2) is 0 Å². The number of benzene rings is 1. The lowest BCUT2D eigenvalue weighted by Gasteiger charge is -2.37. The summed E-state index contributed by atoms with van der Waals surface area (Å²) in [6, 6.07) is 5.46. The molecule has 4 nitrogen and oxygen atoms in total. The first-order valence-electron chi connectivity index (χ1n) is 7.43. The molecule has 3 atom stereocenters. The van der Waals surface area contributed by atoms with Gasteiger partial charge in [-0.05, 0) is 31.5 Å². The van der Waals surface area contributed by atoms with Crippen molar-refractivity contribution in [1.82, 2.24) is 4.90 Å². The molecule has 0 spiro atoms. The van der Waals surface area contributed by atoms with Crippen molar-refractivity contribution in [3.8, 4) is 0 Å². The smallest absolute Gasteiger partial charge is 0.241 e. The summed E-state index contributed by atoms with van der Waals surface area (Å²) in [6.07, 6.45) is 0. The molecule has 0 aliphatic carbocycles. The van der Waals surface area contributed by atoms with Crippen LogP contribution in [-0.4, -0.2) is 40.4 Å². The number of nitrogens with one attached hydrogen (secondary N) is 1. The van der Waals surface area contributed by atoms with Gasteiger partial charge >= 0.3 is 0 Å². The van der Waals surface area contributed by atoms with Crippen LogP contribution in [0.25, 0.3) is 0 Å².